The van der Waals surface area contributed by atoms with Gasteiger partial charge in [0.25, 0.3) is 0 Å². The summed E-state index contributed by atoms with van der Waals surface area (Å²) in [5, 5.41) is 3.00. The molecule has 1 aliphatic rings. The molecule has 3 N–H and O–H groups in total. The molecule has 1 atom stereocenters. The van der Waals surface area contributed by atoms with Crippen LogP contribution in [0.3, 0.4) is 0 Å². The molecule has 0 saturated carbocycles. The summed E-state index contributed by atoms with van der Waals surface area (Å²) in [6.45, 7) is 6.63. The normalized spacial score (nSPS) is 22.4. The van der Waals surface area contributed by atoms with Crippen molar-refractivity contribution in [1.29, 1.82) is 0 Å². The van der Waals surface area contributed by atoms with Crippen LogP contribution < -0.4 is 11.1 Å². The summed E-state index contributed by atoms with van der Waals surface area (Å²) in [5.41, 5.74) is 5.91. The first-order valence-corrected chi connectivity index (χ1v) is 6.26. The molecule has 0 aromatic carbocycles. The van der Waals surface area contributed by atoms with Crippen LogP contribution in [0.1, 0.15) is 33.1 Å². The number of carbonyl (C=O) groups excluding carboxylic acids is 1. The van der Waals surface area contributed by atoms with E-state index in [9.17, 15) is 4.79 Å². The van der Waals surface area contributed by atoms with Gasteiger partial charge < -0.3 is 16.0 Å². The number of nitrogens with zero attached hydrogens (tertiary/aromatic N) is 1. The average molecular weight is 227 g/mol. The van der Waals surface area contributed by atoms with Crippen molar-refractivity contribution in [2.75, 3.05) is 26.7 Å². The van der Waals surface area contributed by atoms with Crippen LogP contribution in [0.4, 0.5) is 0 Å². The number of likely N-dealkylation sites (tertiary alicyclic amines) is 1. The van der Waals surface area contributed by atoms with E-state index in [0.29, 0.717) is 6.54 Å². The lowest BCUT2D eigenvalue weighted by molar-refractivity contribution is -0.124. The van der Waals surface area contributed by atoms with Crippen molar-refractivity contribution >= 4 is 5.91 Å². The van der Waals surface area contributed by atoms with Crippen molar-refractivity contribution in [2.24, 2.45) is 11.7 Å². The minimum absolute atomic E-state index is 0.156. The Balaban J connectivity index is 2.35. The van der Waals surface area contributed by atoms with Gasteiger partial charge in [-0.1, -0.05) is 13.8 Å². The standard InChI is InChI=1S/C12H25N3O/c1-4-12(13,5-2)9-14-11(16)10-6-7-15(3)8-10/h10H,4-9,13H2,1-3H3,(H,14,16). The van der Waals surface area contributed by atoms with Gasteiger partial charge in [-0.3, -0.25) is 4.79 Å². The molecule has 0 aromatic rings. The third-order valence-corrected chi connectivity index (χ3v) is 3.79. The summed E-state index contributed by atoms with van der Waals surface area (Å²) in [7, 11) is 2.05. The van der Waals surface area contributed by atoms with Crippen LogP contribution in [0.5, 0.6) is 0 Å². The Morgan fingerprint density at radius 3 is 2.56 bits per heavy atom. The summed E-state index contributed by atoms with van der Waals surface area (Å²) >= 11 is 0. The fourth-order valence-corrected chi connectivity index (χ4v) is 2.06. The molecule has 0 bridgehead atoms. The zero-order valence-corrected chi connectivity index (χ0v) is 10.8. The van der Waals surface area contributed by atoms with E-state index in [0.717, 1.165) is 32.4 Å². The Labute approximate surface area is 98.6 Å². The van der Waals surface area contributed by atoms with E-state index in [1.807, 2.05) is 0 Å². The van der Waals surface area contributed by atoms with E-state index in [-0.39, 0.29) is 17.4 Å². The Bertz CT molecular complexity index is 238. The average Bonchev–Trinajstić information content (AvgIpc) is 2.72. The highest BCUT2D eigenvalue weighted by atomic mass is 16.1. The molecule has 1 amide bonds. The molecule has 1 rings (SSSR count). The smallest absolute Gasteiger partial charge is 0.224 e. The van der Waals surface area contributed by atoms with E-state index in [1.165, 1.54) is 0 Å². The number of hydrogen-bond acceptors (Lipinski definition) is 3. The topological polar surface area (TPSA) is 58.4 Å². The summed E-state index contributed by atoms with van der Waals surface area (Å²) in [6, 6.07) is 0. The molecule has 1 saturated heterocycles. The molecule has 0 radical (unpaired) electrons. The van der Waals surface area contributed by atoms with Gasteiger partial charge in [-0.25, -0.2) is 0 Å². The lowest BCUT2D eigenvalue weighted by Gasteiger charge is -2.27. The summed E-state index contributed by atoms with van der Waals surface area (Å²) in [4.78, 5) is 14.1. The second-order valence-electron chi connectivity index (χ2n) is 5.04. The van der Waals surface area contributed by atoms with Crippen molar-refractivity contribution in [3.05, 3.63) is 0 Å². The van der Waals surface area contributed by atoms with Crippen LogP contribution >= 0.6 is 0 Å². The summed E-state index contributed by atoms with van der Waals surface area (Å²) in [6.07, 6.45) is 2.76. The van der Waals surface area contributed by atoms with Gasteiger partial charge in [-0.2, -0.15) is 0 Å². The largest absolute Gasteiger partial charge is 0.354 e. The lowest BCUT2D eigenvalue weighted by atomic mass is 9.94. The van der Waals surface area contributed by atoms with E-state index in [2.05, 4.69) is 31.1 Å². The Hall–Kier alpha value is -0.610. The quantitative estimate of drug-likeness (QED) is 0.722. The molecule has 0 aromatic heterocycles. The molecular weight excluding hydrogens is 202 g/mol. The van der Waals surface area contributed by atoms with Crippen molar-refractivity contribution in [2.45, 2.75) is 38.6 Å². The third kappa shape index (κ3) is 3.46. The van der Waals surface area contributed by atoms with Crippen LogP contribution in [-0.2, 0) is 4.79 Å². The number of amides is 1. The summed E-state index contributed by atoms with van der Waals surface area (Å²) < 4.78 is 0. The van der Waals surface area contributed by atoms with Gasteiger partial charge in [0.05, 0.1) is 5.92 Å². The maximum absolute atomic E-state index is 11.9. The first-order valence-electron chi connectivity index (χ1n) is 6.26. The summed E-state index contributed by atoms with van der Waals surface area (Å²) in [5.74, 6) is 0.323. The molecule has 16 heavy (non-hydrogen) atoms. The molecule has 1 unspecified atom stereocenters. The van der Waals surface area contributed by atoms with Crippen molar-refractivity contribution < 1.29 is 4.79 Å². The first-order chi connectivity index (χ1) is 7.50. The van der Waals surface area contributed by atoms with E-state index >= 15 is 0 Å². The highest BCUT2D eigenvalue weighted by Crippen LogP contribution is 2.15. The van der Waals surface area contributed by atoms with Gasteiger partial charge in [-0.15, -0.1) is 0 Å². The number of nitrogens with two attached hydrogens (primary N) is 1. The van der Waals surface area contributed by atoms with Gasteiger partial charge in [0.1, 0.15) is 0 Å². The number of nitrogens with one attached hydrogen (secondary N) is 1. The zero-order valence-electron chi connectivity index (χ0n) is 10.8. The maximum atomic E-state index is 11.9. The molecule has 1 fully saturated rings. The van der Waals surface area contributed by atoms with Crippen molar-refractivity contribution in [3.63, 3.8) is 0 Å². The van der Waals surface area contributed by atoms with Gasteiger partial charge >= 0.3 is 0 Å². The fraction of sp³-hybridized carbons (Fsp3) is 0.917. The highest BCUT2D eigenvalue weighted by molar-refractivity contribution is 5.79. The van der Waals surface area contributed by atoms with Gasteiger partial charge in [0.2, 0.25) is 5.91 Å². The number of carbonyl (C=O) groups is 1. The second kappa shape index (κ2) is 5.64. The van der Waals surface area contributed by atoms with Gasteiger partial charge in [0, 0.05) is 18.6 Å². The van der Waals surface area contributed by atoms with Crippen molar-refractivity contribution in [3.8, 4) is 0 Å². The monoisotopic (exact) mass is 227 g/mol. The number of hydrogen-bond donors (Lipinski definition) is 2. The van der Waals surface area contributed by atoms with Crippen LogP contribution in [0.25, 0.3) is 0 Å². The Morgan fingerprint density at radius 2 is 2.12 bits per heavy atom. The van der Waals surface area contributed by atoms with Gasteiger partial charge in [-0.05, 0) is 32.9 Å². The Morgan fingerprint density at radius 1 is 1.50 bits per heavy atom. The molecule has 4 nitrogen and oxygen atoms in total. The Kier molecular flexibility index (Phi) is 4.74. The lowest BCUT2D eigenvalue weighted by Crippen LogP contribution is -2.50. The molecule has 94 valence electrons. The third-order valence-electron chi connectivity index (χ3n) is 3.79. The van der Waals surface area contributed by atoms with E-state index in [4.69, 9.17) is 5.73 Å². The predicted octanol–water partition coefficient (Wildman–Crippen LogP) is 0.572. The van der Waals surface area contributed by atoms with Crippen molar-refractivity contribution in [1.82, 2.24) is 10.2 Å². The minimum atomic E-state index is -0.236. The molecule has 4 heteroatoms. The fourth-order valence-electron chi connectivity index (χ4n) is 2.06. The second-order valence-corrected chi connectivity index (χ2v) is 5.04. The van der Waals surface area contributed by atoms with E-state index < -0.39 is 0 Å². The van der Waals surface area contributed by atoms with E-state index in [1.54, 1.807) is 0 Å². The molecular formula is C12H25N3O. The predicted molar refractivity (Wildman–Crippen MR) is 66.1 cm³/mol. The zero-order chi connectivity index (χ0) is 12.2. The minimum Gasteiger partial charge on any atom is -0.354 e. The molecule has 1 heterocycles. The highest BCUT2D eigenvalue weighted by Gasteiger charge is 2.28. The van der Waals surface area contributed by atoms with Gasteiger partial charge in [0.15, 0.2) is 0 Å². The van der Waals surface area contributed by atoms with Crippen LogP contribution in [0, 0.1) is 5.92 Å². The molecule has 0 aliphatic carbocycles. The van der Waals surface area contributed by atoms with Crippen LogP contribution in [0.2, 0.25) is 0 Å². The van der Waals surface area contributed by atoms with Crippen LogP contribution in [0.15, 0.2) is 0 Å². The maximum Gasteiger partial charge on any atom is 0.224 e. The molecule has 1 aliphatic heterocycles. The van der Waals surface area contributed by atoms with Crippen LogP contribution in [-0.4, -0.2) is 43.0 Å². The SMILES string of the molecule is CCC(N)(CC)CNC(=O)C1CCN(C)C1. The molecule has 0 spiro atoms. The number of rotatable bonds is 5. The first kappa shape index (κ1) is 13.5.